The maximum absolute atomic E-state index is 3.99. The molecule has 118 valence electrons. The quantitative estimate of drug-likeness (QED) is 0.911. The molecule has 3 rings (SSSR count). The van der Waals surface area contributed by atoms with Crippen LogP contribution in [0.4, 0.5) is 5.69 Å². The highest BCUT2D eigenvalue weighted by atomic mass is 15.5. The Morgan fingerprint density at radius 2 is 1.82 bits per heavy atom. The topological polar surface area (TPSA) is 69.7 Å². The van der Waals surface area contributed by atoms with Crippen LogP contribution in [0.15, 0.2) is 24.3 Å². The van der Waals surface area contributed by atoms with E-state index in [-0.39, 0.29) is 5.54 Å². The average molecular weight is 300 g/mol. The Hall–Kier alpha value is -1.95. The number of nitrogens with zero attached hydrogens (tertiary/aromatic N) is 4. The zero-order valence-electron chi connectivity index (χ0n) is 13.5. The van der Waals surface area contributed by atoms with Crippen LogP contribution in [0.2, 0.25) is 0 Å². The SMILES string of the molecule is CC(C)(C)N1CCC(Nc2ccc(-c3nn[nH]n3)cc2)CC1. The van der Waals surface area contributed by atoms with Gasteiger partial charge >= 0.3 is 0 Å². The normalized spacial score (nSPS) is 17.6. The fourth-order valence-electron chi connectivity index (χ4n) is 2.93. The van der Waals surface area contributed by atoms with E-state index in [9.17, 15) is 0 Å². The summed E-state index contributed by atoms with van der Waals surface area (Å²) in [4.78, 5) is 2.56. The predicted octanol–water partition coefficient (Wildman–Crippen LogP) is 2.54. The first-order valence-corrected chi connectivity index (χ1v) is 7.88. The van der Waals surface area contributed by atoms with Crippen molar-refractivity contribution in [3.8, 4) is 11.4 Å². The molecule has 0 bridgehead atoms. The summed E-state index contributed by atoms with van der Waals surface area (Å²) in [5, 5.41) is 17.7. The van der Waals surface area contributed by atoms with Crippen molar-refractivity contribution < 1.29 is 0 Å². The molecule has 2 heterocycles. The van der Waals surface area contributed by atoms with Gasteiger partial charge in [-0.1, -0.05) is 0 Å². The highest BCUT2D eigenvalue weighted by molar-refractivity contribution is 5.59. The molecule has 22 heavy (non-hydrogen) atoms. The van der Waals surface area contributed by atoms with Crippen molar-refractivity contribution >= 4 is 5.69 Å². The molecule has 0 saturated carbocycles. The van der Waals surface area contributed by atoms with Crippen LogP contribution < -0.4 is 5.32 Å². The van der Waals surface area contributed by atoms with Gasteiger partial charge < -0.3 is 5.32 Å². The minimum atomic E-state index is 0.275. The Bertz CT molecular complexity index is 576. The standard InChI is InChI=1S/C16H24N6/c1-16(2,3)22-10-8-14(9-11-22)17-13-6-4-12(5-7-13)15-18-20-21-19-15/h4-7,14,17H,8-11H2,1-3H3,(H,18,19,20,21). The first-order valence-electron chi connectivity index (χ1n) is 7.88. The number of nitrogens with one attached hydrogen (secondary N) is 2. The molecule has 1 aliphatic heterocycles. The van der Waals surface area contributed by atoms with Crippen LogP contribution in [0.3, 0.4) is 0 Å². The number of tetrazole rings is 1. The largest absolute Gasteiger partial charge is 0.382 e. The van der Waals surface area contributed by atoms with E-state index >= 15 is 0 Å². The highest BCUT2D eigenvalue weighted by Crippen LogP contribution is 2.23. The molecule has 2 N–H and O–H groups in total. The molecule has 0 amide bonds. The molecular formula is C16H24N6. The van der Waals surface area contributed by atoms with Gasteiger partial charge in [0.05, 0.1) is 0 Å². The van der Waals surface area contributed by atoms with Crippen LogP contribution in [-0.4, -0.2) is 50.2 Å². The van der Waals surface area contributed by atoms with E-state index in [0.29, 0.717) is 11.9 Å². The minimum absolute atomic E-state index is 0.275. The second-order valence-corrected chi connectivity index (χ2v) is 6.89. The van der Waals surface area contributed by atoms with E-state index in [1.54, 1.807) is 0 Å². The Balaban J connectivity index is 1.56. The molecule has 1 aromatic heterocycles. The average Bonchev–Trinajstić information content (AvgIpc) is 3.02. The van der Waals surface area contributed by atoms with Crippen molar-refractivity contribution in [2.24, 2.45) is 0 Å². The van der Waals surface area contributed by atoms with Crippen molar-refractivity contribution in [2.45, 2.75) is 45.2 Å². The fraction of sp³-hybridized carbons (Fsp3) is 0.562. The van der Waals surface area contributed by atoms with Gasteiger partial charge in [0.1, 0.15) is 0 Å². The zero-order chi connectivity index (χ0) is 15.6. The monoisotopic (exact) mass is 300 g/mol. The molecule has 6 nitrogen and oxygen atoms in total. The van der Waals surface area contributed by atoms with Crippen LogP contribution in [0.1, 0.15) is 33.6 Å². The molecule has 1 fully saturated rings. The van der Waals surface area contributed by atoms with E-state index in [0.717, 1.165) is 24.3 Å². The molecule has 2 aromatic rings. The molecule has 1 aromatic carbocycles. The summed E-state index contributed by atoms with van der Waals surface area (Å²) >= 11 is 0. The third-order valence-electron chi connectivity index (χ3n) is 4.30. The first-order chi connectivity index (χ1) is 10.5. The number of rotatable bonds is 3. The Morgan fingerprint density at radius 1 is 1.14 bits per heavy atom. The summed E-state index contributed by atoms with van der Waals surface area (Å²) in [7, 11) is 0. The zero-order valence-corrected chi connectivity index (χ0v) is 13.5. The third kappa shape index (κ3) is 3.44. The van der Waals surface area contributed by atoms with Crippen LogP contribution in [0.5, 0.6) is 0 Å². The van der Waals surface area contributed by atoms with Gasteiger partial charge in [-0.05, 0) is 63.1 Å². The van der Waals surface area contributed by atoms with Crippen molar-refractivity contribution in [1.29, 1.82) is 0 Å². The molecule has 0 aliphatic carbocycles. The molecule has 1 saturated heterocycles. The van der Waals surface area contributed by atoms with Crippen LogP contribution in [0, 0.1) is 0 Å². The number of likely N-dealkylation sites (tertiary alicyclic amines) is 1. The van der Waals surface area contributed by atoms with Crippen molar-refractivity contribution in [3.05, 3.63) is 24.3 Å². The third-order valence-corrected chi connectivity index (χ3v) is 4.30. The van der Waals surface area contributed by atoms with Gasteiger partial charge in [0.15, 0.2) is 0 Å². The summed E-state index contributed by atoms with van der Waals surface area (Å²) in [5.41, 5.74) is 2.40. The summed E-state index contributed by atoms with van der Waals surface area (Å²) in [6.45, 7) is 9.18. The van der Waals surface area contributed by atoms with Gasteiger partial charge in [-0.25, -0.2) is 0 Å². The lowest BCUT2D eigenvalue weighted by Gasteiger charge is -2.41. The van der Waals surface area contributed by atoms with Gasteiger partial charge in [-0.3, -0.25) is 4.90 Å². The lowest BCUT2D eigenvalue weighted by atomic mass is 9.98. The number of aromatic amines is 1. The number of benzene rings is 1. The second-order valence-electron chi connectivity index (χ2n) is 6.89. The van der Waals surface area contributed by atoms with Crippen LogP contribution in [0.25, 0.3) is 11.4 Å². The number of H-pyrrole nitrogens is 1. The summed E-state index contributed by atoms with van der Waals surface area (Å²) < 4.78 is 0. The van der Waals surface area contributed by atoms with Crippen molar-refractivity contribution in [2.75, 3.05) is 18.4 Å². The fourth-order valence-corrected chi connectivity index (χ4v) is 2.93. The van der Waals surface area contributed by atoms with Gasteiger partial charge in [0.2, 0.25) is 5.82 Å². The maximum Gasteiger partial charge on any atom is 0.204 e. The number of hydrogen-bond acceptors (Lipinski definition) is 5. The smallest absolute Gasteiger partial charge is 0.204 e. The maximum atomic E-state index is 3.99. The summed E-state index contributed by atoms with van der Waals surface area (Å²) in [6, 6.07) is 8.77. The van der Waals surface area contributed by atoms with E-state index in [1.807, 2.05) is 12.1 Å². The molecule has 0 unspecified atom stereocenters. The van der Waals surface area contributed by atoms with Gasteiger partial charge in [-0.15, -0.1) is 10.2 Å². The first kappa shape index (κ1) is 15.0. The molecule has 0 atom stereocenters. The molecule has 0 radical (unpaired) electrons. The van der Waals surface area contributed by atoms with Crippen LogP contribution >= 0.6 is 0 Å². The van der Waals surface area contributed by atoms with Crippen molar-refractivity contribution in [3.63, 3.8) is 0 Å². The lowest BCUT2D eigenvalue weighted by molar-refractivity contribution is 0.106. The van der Waals surface area contributed by atoms with E-state index in [1.165, 1.54) is 12.8 Å². The Kier molecular flexibility index (Phi) is 4.11. The number of piperidine rings is 1. The van der Waals surface area contributed by atoms with Crippen molar-refractivity contribution in [1.82, 2.24) is 25.5 Å². The van der Waals surface area contributed by atoms with Gasteiger partial charge in [0, 0.05) is 35.9 Å². The highest BCUT2D eigenvalue weighted by Gasteiger charge is 2.26. The van der Waals surface area contributed by atoms with Crippen LogP contribution in [-0.2, 0) is 0 Å². The van der Waals surface area contributed by atoms with E-state index in [2.05, 4.69) is 63.7 Å². The van der Waals surface area contributed by atoms with Gasteiger partial charge in [-0.2, -0.15) is 5.21 Å². The number of hydrogen-bond donors (Lipinski definition) is 2. The molecular weight excluding hydrogens is 276 g/mol. The Morgan fingerprint density at radius 3 is 2.36 bits per heavy atom. The summed E-state index contributed by atoms with van der Waals surface area (Å²) in [6.07, 6.45) is 2.37. The second kappa shape index (κ2) is 6.04. The number of anilines is 1. The molecule has 0 spiro atoms. The van der Waals surface area contributed by atoms with Gasteiger partial charge in [0.25, 0.3) is 0 Å². The predicted molar refractivity (Wildman–Crippen MR) is 87.6 cm³/mol. The minimum Gasteiger partial charge on any atom is -0.382 e. The number of aromatic nitrogens is 4. The van der Waals surface area contributed by atoms with E-state index in [4.69, 9.17) is 0 Å². The summed E-state index contributed by atoms with van der Waals surface area (Å²) in [5.74, 6) is 0.630. The molecule has 1 aliphatic rings. The van der Waals surface area contributed by atoms with E-state index < -0.39 is 0 Å². The Labute approximate surface area is 131 Å². The molecule has 6 heteroatoms. The lowest BCUT2D eigenvalue weighted by Crippen LogP contribution is -2.48.